The van der Waals surface area contributed by atoms with Gasteiger partial charge in [0.2, 0.25) is 0 Å². The number of H-pyrrole nitrogens is 1. The molecule has 148 valence electrons. The minimum absolute atomic E-state index is 0.143. The Balaban J connectivity index is 1.85. The van der Waals surface area contributed by atoms with Crippen molar-refractivity contribution in [2.45, 2.75) is 6.18 Å². The van der Waals surface area contributed by atoms with Crippen LogP contribution in [0.3, 0.4) is 0 Å². The number of alkyl halides is 3. The Kier molecular flexibility index (Phi) is 4.54. The highest BCUT2D eigenvalue weighted by molar-refractivity contribution is 7.71. The fourth-order valence-electron chi connectivity index (χ4n) is 3.02. The molecule has 0 atom stereocenters. The van der Waals surface area contributed by atoms with E-state index in [2.05, 4.69) is 4.98 Å². The van der Waals surface area contributed by atoms with E-state index in [9.17, 15) is 18.0 Å². The first-order valence-corrected chi connectivity index (χ1v) is 8.79. The second kappa shape index (κ2) is 6.93. The molecule has 5 nitrogen and oxygen atoms in total. The number of benzene rings is 2. The molecule has 29 heavy (non-hydrogen) atoms. The van der Waals surface area contributed by atoms with Gasteiger partial charge in [0.05, 0.1) is 23.9 Å². The number of aromatic amines is 1. The van der Waals surface area contributed by atoms with Gasteiger partial charge in [-0.3, -0.25) is 4.57 Å². The predicted molar refractivity (Wildman–Crippen MR) is 104 cm³/mol. The third-order valence-electron chi connectivity index (χ3n) is 4.40. The van der Waals surface area contributed by atoms with Gasteiger partial charge < -0.3 is 14.1 Å². The SMILES string of the molecule is COc1cccc2cc(-c3cn(-c4cccc(C(F)(F)F)c4)c(=S)[nH]3)c(=O)oc12. The van der Waals surface area contributed by atoms with E-state index in [0.717, 1.165) is 12.1 Å². The van der Waals surface area contributed by atoms with E-state index < -0.39 is 17.4 Å². The molecule has 0 amide bonds. The summed E-state index contributed by atoms with van der Waals surface area (Å²) in [5.41, 5.74) is -0.376. The number of aromatic nitrogens is 2. The molecule has 2 aromatic carbocycles. The number of nitrogens with one attached hydrogen (secondary N) is 1. The second-order valence-electron chi connectivity index (χ2n) is 6.22. The quantitative estimate of drug-likeness (QED) is 0.361. The van der Waals surface area contributed by atoms with Crippen molar-refractivity contribution in [2.24, 2.45) is 0 Å². The van der Waals surface area contributed by atoms with Gasteiger partial charge in [0, 0.05) is 17.3 Å². The van der Waals surface area contributed by atoms with Crippen molar-refractivity contribution in [1.82, 2.24) is 9.55 Å². The van der Waals surface area contributed by atoms with Crippen molar-refractivity contribution < 1.29 is 22.3 Å². The maximum atomic E-state index is 13.0. The number of ether oxygens (including phenoxy) is 1. The first-order chi connectivity index (χ1) is 13.8. The lowest BCUT2D eigenvalue weighted by Crippen LogP contribution is -2.06. The summed E-state index contributed by atoms with van der Waals surface area (Å²) < 4.78 is 51.1. The molecular weight excluding hydrogens is 405 g/mol. The summed E-state index contributed by atoms with van der Waals surface area (Å²) in [7, 11) is 1.47. The number of fused-ring (bicyclic) bond motifs is 1. The number of halogens is 3. The molecule has 0 saturated heterocycles. The molecule has 0 unspecified atom stereocenters. The van der Waals surface area contributed by atoms with Gasteiger partial charge in [0.1, 0.15) is 0 Å². The smallest absolute Gasteiger partial charge is 0.416 e. The lowest BCUT2D eigenvalue weighted by atomic mass is 10.1. The molecule has 4 aromatic rings. The average Bonchev–Trinajstić information content (AvgIpc) is 3.08. The fraction of sp³-hybridized carbons (Fsp3) is 0.100. The molecule has 2 aromatic heterocycles. The van der Waals surface area contributed by atoms with Gasteiger partial charge in [-0.05, 0) is 42.5 Å². The zero-order valence-electron chi connectivity index (χ0n) is 14.9. The Morgan fingerprint density at radius 3 is 2.62 bits per heavy atom. The number of para-hydroxylation sites is 1. The molecule has 0 spiro atoms. The first-order valence-electron chi connectivity index (χ1n) is 8.38. The molecule has 0 aliphatic rings. The van der Waals surface area contributed by atoms with Gasteiger partial charge in [-0.15, -0.1) is 0 Å². The highest BCUT2D eigenvalue weighted by Gasteiger charge is 2.30. The molecule has 9 heteroatoms. The van der Waals surface area contributed by atoms with Crippen molar-refractivity contribution in [3.05, 3.63) is 75.5 Å². The van der Waals surface area contributed by atoms with Crippen LogP contribution in [0.2, 0.25) is 0 Å². The van der Waals surface area contributed by atoms with Crippen LogP contribution in [0.4, 0.5) is 13.2 Å². The zero-order chi connectivity index (χ0) is 20.8. The van der Waals surface area contributed by atoms with Gasteiger partial charge in [-0.2, -0.15) is 13.2 Å². The fourth-order valence-corrected chi connectivity index (χ4v) is 3.29. The predicted octanol–water partition coefficient (Wildman–Crippen LogP) is 5.34. The molecule has 0 bridgehead atoms. The maximum Gasteiger partial charge on any atom is 0.416 e. The van der Waals surface area contributed by atoms with E-state index >= 15 is 0 Å². The van der Waals surface area contributed by atoms with E-state index in [1.54, 1.807) is 24.3 Å². The van der Waals surface area contributed by atoms with Gasteiger partial charge in [-0.1, -0.05) is 18.2 Å². The molecule has 0 fully saturated rings. The minimum atomic E-state index is -4.48. The van der Waals surface area contributed by atoms with Gasteiger partial charge in [0.25, 0.3) is 0 Å². The minimum Gasteiger partial charge on any atom is -0.493 e. The molecule has 0 radical (unpaired) electrons. The Morgan fingerprint density at radius 2 is 1.90 bits per heavy atom. The molecule has 0 saturated carbocycles. The van der Waals surface area contributed by atoms with Crippen LogP contribution in [-0.4, -0.2) is 16.7 Å². The number of rotatable bonds is 3. The van der Waals surface area contributed by atoms with Gasteiger partial charge in [-0.25, -0.2) is 4.79 Å². The number of methoxy groups -OCH3 is 1. The van der Waals surface area contributed by atoms with E-state index in [0.29, 0.717) is 22.4 Å². The maximum absolute atomic E-state index is 13.0. The normalized spacial score (nSPS) is 11.7. The summed E-state index contributed by atoms with van der Waals surface area (Å²) >= 11 is 5.24. The molecule has 1 N–H and O–H groups in total. The molecule has 4 rings (SSSR count). The summed E-state index contributed by atoms with van der Waals surface area (Å²) in [4.78, 5) is 15.4. The highest BCUT2D eigenvalue weighted by Crippen LogP contribution is 2.31. The zero-order valence-corrected chi connectivity index (χ0v) is 15.7. The number of imidazole rings is 1. The van der Waals surface area contributed by atoms with Crippen LogP contribution in [0.5, 0.6) is 5.75 Å². The number of hydrogen-bond donors (Lipinski definition) is 1. The summed E-state index contributed by atoms with van der Waals surface area (Å²) in [5, 5.41) is 0.630. The number of nitrogens with zero attached hydrogens (tertiary/aromatic N) is 1. The third-order valence-corrected chi connectivity index (χ3v) is 4.70. The topological polar surface area (TPSA) is 60.2 Å². The summed E-state index contributed by atoms with van der Waals surface area (Å²) in [6.45, 7) is 0. The standard InChI is InChI=1S/C20H13F3N2O3S/c1-27-16-7-2-4-11-8-14(18(26)28-17(11)16)15-10-25(19(29)24-15)13-6-3-5-12(9-13)20(21,22)23/h2-10H,1H3,(H,24,29). The monoisotopic (exact) mass is 418 g/mol. The summed E-state index contributed by atoms with van der Waals surface area (Å²) in [6, 6.07) is 11.5. The van der Waals surface area contributed by atoms with Crippen LogP contribution >= 0.6 is 12.2 Å². The van der Waals surface area contributed by atoms with Crippen molar-refractivity contribution in [1.29, 1.82) is 0 Å². The van der Waals surface area contributed by atoms with E-state index in [-0.39, 0.29) is 16.0 Å². The van der Waals surface area contributed by atoms with Crippen LogP contribution in [-0.2, 0) is 6.18 Å². The third kappa shape index (κ3) is 3.44. The molecule has 0 aliphatic carbocycles. The lowest BCUT2D eigenvalue weighted by Gasteiger charge is -2.09. The van der Waals surface area contributed by atoms with E-state index in [1.807, 2.05) is 0 Å². The van der Waals surface area contributed by atoms with Crippen molar-refractivity contribution in [3.63, 3.8) is 0 Å². The van der Waals surface area contributed by atoms with Crippen LogP contribution in [0.1, 0.15) is 5.56 Å². The number of hydrogen-bond acceptors (Lipinski definition) is 4. The Labute approximate surface area is 167 Å². The van der Waals surface area contributed by atoms with Crippen LogP contribution in [0, 0.1) is 4.77 Å². The largest absolute Gasteiger partial charge is 0.493 e. The van der Waals surface area contributed by atoms with Crippen LogP contribution < -0.4 is 10.4 Å². The first kappa shape index (κ1) is 19.0. The highest BCUT2D eigenvalue weighted by atomic mass is 32.1. The van der Waals surface area contributed by atoms with Crippen molar-refractivity contribution >= 4 is 23.2 Å². The van der Waals surface area contributed by atoms with Crippen LogP contribution in [0.25, 0.3) is 27.9 Å². The Morgan fingerprint density at radius 1 is 1.14 bits per heavy atom. The van der Waals surface area contributed by atoms with Crippen molar-refractivity contribution in [2.75, 3.05) is 7.11 Å². The molecule has 0 aliphatic heterocycles. The molecule has 2 heterocycles. The average molecular weight is 418 g/mol. The summed E-state index contributed by atoms with van der Waals surface area (Å²) in [6.07, 6.45) is -3.01. The van der Waals surface area contributed by atoms with E-state index in [1.165, 1.54) is 30.0 Å². The van der Waals surface area contributed by atoms with Gasteiger partial charge >= 0.3 is 11.8 Å². The lowest BCUT2D eigenvalue weighted by molar-refractivity contribution is -0.137. The Hall–Kier alpha value is -3.33. The van der Waals surface area contributed by atoms with Gasteiger partial charge in [0.15, 0.2) is 16.1 Å². The molecular formula is C20H13F3N2O3S. The summed E-state index contributed by atoms with van der Waals surface area (Å²) in [5.74, 6) is 0.417. The van der Waals surface area contributed by atoms with E-state index in [4.69, 9.17) is 21.4 Å². The Bertz CT molecular complexity index is 1340. The van der Waals surface area contributed by atoms with Crippen LogP contribution in [0.15, 0.2) is 63.9 Å². The second-order valence-corrected chi connectivity index (χ2v) is 6.60. The van der Waals surface area contributed by atoms with Crippen molar-refractivity contribution in [3.8, 4) is 22.7 Å².